The van der Waals surface area contributed by atoms with Crippen molar-refractivity contribution in [2.75, 3.05) is 19.0 Å². The first-order valence-corrected chi connectivity index (χ1v) is 9.79. The van der Waals surface area contributed by atoms with Crippen LogP contribution in [0, 0.1) is 11.8 Å². The molecule has 2 N–H and O–H groups in total. The molecule has 0 bridgehead atoms. The molecule has 1 heterocycles. The Bertz CT molecular complexity index is 672. The van der Waals surface area contributed by atoms with Crippen LogP contribution >= 0.6 is 11.8 Å². The Morgan fingerprint density at radius 2 is 1.62 bits per heavy atom. The van der Waals surface area contributed by atoms with Crippen molar-refractivity contribution in [3.8, 4) is 11.8 Å². The van der Waals surface area contributed by atoms with Gasteiger partial charge in [0.25, 0.3) is 0 Å². The average Bonchev–Trinajstić information content (AvgIpc) is 2.60. The number of carbonyl (C=O) groups is 4. The molecule has 1 aliphatic rings. The van der Waals surface area contributed by atoms with Crippen LogP contribution in [0.2, 0.25) is 0 Å². The van der Waals surface area contributed by atoms with Crippen molar-refractivity contribution in [2.24, 2.45) is 0 Å². The maximum Gasteiger partial charge on any atom is 0.303 e. The summed E-state index contributed by atoms with van der Waals surface area (Å²) in [5, 5.41) is 11.4. The molecule has 0 aliphatic carbocycles. The van der Waals surface area contributed by atoms with Gasteiger partial charge in [-0.25, -0.2) is 0 Å². The third kappa shape index (κ3) is 8.72. The summed E-state index contributed by atoms with van der Waals surface area (Å²) in [6.07, 6.45) is -3.15. The zero-order valence-electron chi connectivity index (χ0n) is 16.6. The van der Waals surface area contributed by atoms with E-state index in [1.165, 1.54) is 39.5 Å². The molecule has 1 fully saturated rings. The first-order chi connectivity index (χ1) is 13.6. The molecule has 29 heavy (non-hydrogen) atoms. The molecule has 1 aliphatic heterocycles. The van der Waals surface area contributed by atoms with Gasteiger partial charge in [-0.3, -0.25) is 19.2 Å². The average molecular weight is 431 g/mol. The molecular weight excluding hydrogens is 406 g/mol. The van der Waals surface area contributed by atoms with Crippen molar-refractivity contribution in [1.29, 1.82) is 0 Å². The van der Waals surface area contributed by atoms with Crippen molar-refractivity contribution >= 4 is 35.6 Å². The van der Waals surface area contributed by atoms with Crippen LogP contribution in [0.15, 0.2) is 0 Å². The topological polar surface area (TPSA) is 137 Å². The first-order valence-electron chi connectivity index (χ1n) is 8.74. The number of esters is 3. The predicted octanol–water partition coefficient (Wildman–Crippen LogP) is -0.629. The number of carbonyl (C=O) groups excluding carboxylic acids is 4. The number of rotatable bonds is 7. The van der Waals surface area contributed by atoms with Crippen molar-refractivity contribution in [3.63, 3.8) is 0 Å². The lowest BCUT2D eigenvalue weighted by molar-refractivity contribution is -0.211. The maximum atomic E-state index is 11.7. The lowest BCUT2D eigenvalue weighted by atomic mass is 9.97. The lowest BCUT2D eigenvalue weighted by Crippen LogP contribution is -2.65. The summed E-state index contributed by atoms with van der Waals surface area (Å²) in [6, 6.07) is -0.866. The Kier molecular flexibility index (Phi) is 10.5. The highest BCUT2D eigenvalue weighted by Gasteiger charge is 2.50. The standard InChI is InChI=1S/C18H25NO9S/c1-10(21)19-15-17(27-13(4)24)16(26-12(3)23)14(9-25-11(2)22)28-18(15)29-8-6-5-7-20/h14-18,20H,7-9H2,1-4H3,(H,19,21)/t14-,15-,16+,17-,18-/m1/s1. The minimum Gasteiger partial charge on any atom is -0.463 e. The Hall–Kier alpha value is -2.29. The van der Waals surface area contributed by atoms with Crippen LogP contribution in [0.5, 0.6) is 0 Å². The van der Waals surface area contributed by atoms with Gasteiger partial charge < -0.3 is 29.4 Å². The van der Waals surface area contributed by atoms with Crippen molar-refractivity contribution in [2.45, 2.75) is 57.5 Å². The number of hydrogen-bond acceptors (Lipinski definition) is 10. The fourth-order valence-electron chi connectivity index (χ4n) is 2.66. The monoisotopic (exact) mass is 431 g/mol. The summed E-state index contributed by atoms with van der Waals surface area (Å²) >= 11 is 1.18. The SMILES string of the molecule is CC(=O)N[C@@H]1[C@@H](OC(C)=O)[C@@H](OC(C)=O)[C@@H](COC(C)=O)O[C@@H]1SCC#CCO. The first kappa shape index (κ1) is 24.7. The van der Waals surface area contributed by atoms with Crippen LogP contribution in [0.4, 0.5) is 0 Å². The highest BCUT2D eigenvalue weighted by molar-refractivity contribution is 8.00. The van der Waals surface area contributed by atoms with Gasteiger partial charge in [-0.15, -0.1) is 11.8 Å². The van der Waals surface area contributed by atoms with E-state index in [0.717, 1.165) is 0 Å². The Morgan fingerprint density at radius 1 is 1.00 bits per heavy atom. The molecule has 0 aromatic carbocycles. The summed E-state index contributed by atoms with van der Waals surface area (Å²) in [4.78, 5) is 46.3. The number of hydrogen-bond donors (Lipinski definition) is 2. The fraction of sp³-hybridized carbons (Fsp3) is 0.667. The van der Waals surface area contributed by atoms with E-state index in [-0.39, 0.29) is 19.0 Å². The van der Waals surface area contributed by atoms with Crippen molar-refractivity contribution < 1.29 is 43.2 Å². The van der Waals surface area contributed by atoms with Crippen LogP contribution in [0.1, 0.15) is 27.7 Å². The van der Waals surface area contributed by atoms with E-state index in [0.29, 0.717) is 0 Å². The zero-order valence-corrected chi connectivity index (χ0v) is 17.4. The molecule has 1 saturated heterocycles. The zero-order chi connectivity index (χ0) is 22.0. The number of amides is 1. The normalized spacial score (nSPS) is 25.8. The fourth-order valence-corrected chi connectivity index (χ4v) is 3.67. The van der Waals surface area contributed by atoms with Gasteiger partial charge in [0, 0.05) is 27.7 Å². The molecule has 11 heteroatoms. The Morgan fingerprint density at radius 3 is 2.14 bits per heavy atom. The molecule has 162 valence electrons. The van der Waals surface area contributed by atoms with E-state index in [9.17, 15) is 19.2 Å². The molecule has 0 spiro atoms. The second kappa shape index (κ2) is 12.3. The summed E-state index contributed by atoms with van der Waals surface area (Å²) in [5.74, 6) is 3.15. The predicted molar refractivity (Wildman–Crippen MR) is 101 cm³/mol. The van der Waals surface area contributed by atoms with Crippen molar-refractivity contribution in [3.05, 3.63) is 0 Å². The van der Waals surface area contributed by atoms with Gasteiger partial charge in [-0.05, 0) is 0 Å². The second-order valence-electron chi connectivity index (χ2n) is 6.04. The van der Waals surface area contributed by atoms with Gasteiger partial charge in [0.05, 0.1) is 5.75 Å². The van der Waals surface area contributed by atoms with Crippen LogP contribution in [-0.2, 0) is 38.1 Å². The van der Waals surface area contributed by atoms with Gasteiger partial charge in [-0.2, -0.15) is 0 Å². The van der Waals surface area contributed by atoms with E-state index < -0.39 is 53.6 Å². The molecule has 0 saturated carbocycles. The van der Waals surface area contributed by atoms with E-state index in [4.69, 9.17) is 24.1 Å². The van der Waals surface area contributed by atoms with Crippen LogP contribution in [-0.4, -0.2) is 77.7 Å². The molecule has 0 radical (unpaired) electrons. The molecular formula is C18H25NO9S. The minimum atomic E-state index is -1.12. The van der Waals surface area contributed by atoms with E-state index in [1.54, 1.807) is 0 Å². The minimum absolute atomic E-state index is 0.243. The van der Waals surface area contributed by atoms with Crippen LogP contribution < -0.4 is 5.32 Å². The molecule has 0 unspecified atom stereocenters. The number of aliphatic hydroxyl groups excluding tert-OH is 1. The van der Waals surface area contributed by atoms with Crippen molar-refractivity contribution in [1.82, 2.24) is 5.32 Å². The molecule has 1 rings (SSSR count). The highest BCUT2D eigenvalue weighted by Crippen LogP contribution is 2.32. The third-order valence-electron chi connectivity index (χ3n) is 3.60. The third-order valence-corrected chi connectivity index (χ3v) is 4.64. The summed E-state index contributed by atoms with van der Waals surface area (Å²) < 4.78 is 21.6. The van der Waals surface area contributed by atoms with Crippen LogP contribution in [0.3, 0.4) is 0 Å². The van der Waals surface area contributed by atoms with E-state index in [2.05, 4.69) is 17.2 Å². The number of thioether (sulfide) groups is 1. The summed E-state index contributed by atoms with van der Waals surface area (Å²) in [5.41, 5.74) is -0.761. The van der Waals surface area contributed by atoms with Gasteiger partial charge in [0.15, 0.2) is 12.2 Å². The van der Waals surface area contributed by atoms with Gasteiger partial charge in [-0.1, -0.05) is 11.8 Å². The van der Waals surface area contributed by atoms with Gasteiger partial charge in [0.2, 0.25) is 5.91 Å². The summed E-state index contributed by atoms with van der Waals surface area (Å²) in [6.45, 7) is 4.29. The Labute approximate surface area is 173 Å². The van der Waals surface area contributed by atoms with Gasteiger partial charge >= 0.3 is 17.9 Å². The molecule has 0 aromatic rings. The highest BCUT2D eigenvalue weighted by atomic mass is 32.2. The lowest BCUT2D eigenvalue weighted by Gasteiger charge is -2.45. The van der Waals surface area contributed by atoms with E-state index >= 15 is 0 Å². The largest absolute Gasteiger partial charge is 0.463 e. The van der Waals surface area contributed by atoms with E-state index in [1.807, 2.05) is 0 Å². The second-order valence-corrected chi connectivity index (χ2v) is 7.13. The molecule has 0 aromatic heterocycles. The summed E-state index contributed by atoms with van der Waals surface area (Å²) in [7, 11) is 0. The number of nitrogens with one attached hydrogen (secondary N) is 1. The Balaban J connectivity index is 3.24. The van der Waals surface area contributed by atoms with Gasteiger partial charge in [0.1, 0.15) is 30.8 Å². The smallest absolute Gasteiger partial charge is 0.303 e. The number of ether oxygens (including phenoxy) is 4. The number of aliphatic hydroxyl groups is 1. The molecule has 5 atom stereocenters. The molecule has 1 amide bonds. The van der Waals surface area contributed by atoms with Crippen LogP contribution in [0.25, 0.3) is 0 Å². The quantitative estimate of drug-likeness (QED) is 0.304. The molecule has 10 nitrogen and oxygen atoms in total. The maximum absolute atomic E-state index is 11.7.